The summed E-state index contributed by atoms with van der Waals surface area (Å²) < 4.78 is 124. The van der Waals surface area contributed by atoms with E-state index >= 15 is 0 Å². The Bertz CT molecular complexity index is 3380. The molecule has 11 fully saturated rings. The maximum atomic E-state index is 13.1. The largest absolute Gasteiger partial charge is 0.394 e. The quantitative estimate of drug-likeness (QED) is 0.0290. The first kappa shape index (κ1) is 105. The molecule has 11 rings (SSSR count). The summed E-state index contributed by atoms with van der Waals surface area (Å²) in [5, 5.41) is 372. The second-order valence-corrected chi connectivity index (χ2v) is 32.3. The molecule has 58 heteroatoms. The van der Waals surface area contributed by atoms with Crippen LogP contribution >= 0.6 is 0 Å². The topological polar surface area (TPSA) is 920 Å². The molecule has 0 bridgehead atoms. The summed E-state index contributed by atoms with van der Waals surface area (Å²) in [5.41, 5.74) is 0. The fourth-order valence-corrected chi connectivity index (χ4v) is 16.5. The Morgan fingerprint density at radius 2 is 0.430 bits per heavy atom. The molecule has 11 saturated heterocycles. The molecule has 58 nitrogen and oxygen atoms in total. The number of carbonyl (C=O) groups excluding carboxylic acids is 2. The van der Waals surface area contributed by atoms with Crippen molar-refractivity contribution in [2.45, 2.75) is 351 Å². The minimum absolute atomic E-state index is 0.824. The van der Waals surface area contributed by atoms with E-state index in [1.54, 1.807) is 0 Å². The van der Waals surface area contributed by atoms with E-state index in [-0.39, 0.29) is 0 Å². The monoisotopic (exact) mass is 1880 g/mol. The van der Waals surface area contributed by atoms with Crippen LogP contribution in [-0.2, 0) is 109 Å². The molecule has 11 aliphatic rings. The number of nitrogens with one attached hydrogen (secondary N) is 2. The van der Waals surface area contributed by atoms with Gasteiger partial charge in [-0.2, -0.15) is 0 Å². The first-order chi connectivity index (χ1) is 60.7. The lowest BCUT2D eigenvalue weighted by Crippen LogP contribution is -2.70. The van der Waals surface area contributed by atoms with Gasteiger partial charge in [0.05, 0.1) is 72.7 Å². The molecule has 55 atom stereocenters. The molecule has 11 aliphatic heterocycles. The Hall–Kier alpha value is -3.22. The highest BCUT2D eigenvalue weighted by molar-refractivity contribution is 5.73. The molecule has 0 saturated carbocycles. The molecule has 0 aromatic rings. The maximum absolute atomic E-state index is 13.1. The van der Waals surface area contributed by atoms with Crippen LogP contribution in [0.3, 0.4) is 0 Å². The van der Waals surface area contributed by atoms with Gasteiger partial charge in [-0.1, -0.05) is 0 Å². The SMILES string of the molecule is CC(=O)N[C@@H]1[C@@H](O)[C@H](O[C@@H]2O[C@H](CO)[C@@H](O[C@@H]3O[C@H](CO[C@@H]4O[C@H](CO[C@@H]5O[C@H](CO)[C@@H](O)[C@H](O)[C@@H]5O[C@@H]5O[C@H](CO)[C@@H](O)[C@H](O)[C@@H]5O)[C@@H](O)[C@H](O[C@@H]5O[C@H](CO)[C@@H](O)[C@H](O)[C@@H]5O[C@@H]5O[C@H](CO)[C@@H](O)[C@H](O)[C@@H]5O)[C@@H]4O)[C@@H](O)[C@H](O[C@@H]4O[C@H](CO)[C@@H](O)[C@H](O)[C@@H]4O[C@@H]4O[C@H](CO)[C@@H](O)[C@H](O)[C@@H]4O[C@@H]4O[C@H](CO)[C@@H](O)[C@H](O)[C@@H]4O)[C@@H]3O)[C@H](O)[C@H]2NC(C)=O)[C@@H](CO)O[C@H]1O. The highest BCUT2D eigenvalue weighted by atomic mass is 16.8. The van der Waals surface area contributed by atoms with Crippen LogP contribution in [0.4, 0.5) is 0 Å². The number of hydrogen-bond acceptors (Lipinski definition) is 56. The van der Waals surface area contributed by atoms with Gasteiger partial charge in [-0.3, -0.25) is 9.59 Å². The lowest BCUT2D eigenvalue weighted by atomic mass is 9.94. The normalized spacial score (nSPS) is 51.7. The number of ether oxygens (including phenoxy) is 21. The number of rotatable bonds is 33. The first-order valence-electron chi connectivity index (χ1n) is 40.7. The van der Waals surface area contributed by atoms with Crippen LogP contribution in [0.1, 0.15) is 13.8 Å². The summed E-state index contributed by atoms with van der Waals surface area (Å²) in [5.74, 6) is -1.82. The van der Waals surface area contributed by atoms with E-state index in [1.807, 2.05) is 0 Å². The molecule has 744 valence electrons. The fraction of sp³-hybridized carbons (Fsp3) is 0.971. The number of aliphatic hydroxyl groups is 33. The van der Waals surface area contributed by atoms with E-state index < -0.39 is 422 Å². The number of amides is 2. The maximum Gasteiger partial charge on any atom is 0.217 e. The lowest BCUT2D eigenvalue weighted by molar-refractivity contribution is -0.408. The van der Waals surface area contributed by atoms with Gasteiger partial charge in [-0.15, -0.1) is 0 Å². The van der Waals surface area contributed by atoms with Crippen molar-refractivity contribution >= 4 is 11.8 Å². The molecule has 0 spiro atoms. The molecule has 0 radical (unpaired) electrons. The Labute approximate surface area is 722 Å². The molecule has 0 unspecified atom stereocenters. The lowest BCUT2D eigenvalue weighted by Gasteiger charge is -2.51. The molecule has 128 heavy (non-hydrogen) atoms. The molecule has 35 N–H and O–H groups in total. The predicted molar refractivity (Wildman–Crippen MR) is 386 cm³/mol. The fourth-order valence-electron chi connectivity index (χ4n) is 16.5. The highest BCUT2D eigenvalue weighted by Gasteiger charge is 2.62. The number of aliphatic hydroxyl groups excluding tert-OH is 33. The third kappa shape index (κ3) is 22.5. The van der Waals surface area contributed by atoms with Gasteiger partial charge in [-0.25, -0.2) is 0 Å². The average Bonchev–Trinajstić information content (AvgIpc) is 0.758. The van der Waals surface area contributed by atoms with Gasteiger partial charge in [0.25, 0.3) is 0 Å². The second kappa shape index (κ2) is 45.8. The van der Waals surface area contributed by atoms with Crippen LogP contribution < -0.4 is 10.6 Å². The summed E-state index contributed by atoms with van der Waals surface area (Å²) in [6, 6.07) is -3.71. The Morgan fingerprint density at radius 3 is 0.773 bits per heavy atom. The van der Waals surface area contributed by atoms with Crippen molar-refractivity contribution in [2.75, 3.05) is 72.7 Å². The molecule has 0 aromatic heterocycles. The summed E-state index contributed by atoms with van der Waals surface area (Å²) >= 11 is 0. The smallest absolute Gasteiger partial charge is 0.217 e. The predicted octanol–water partition coefficient (Wildman–Crippen LogP) is -24.7. The molecular formula is C70H118N2O56. The molecule has 0 aliphatic carbocycles. The van der Waals surface area contributed by atoms with Crippen LogP contribution in [0, 0.1) is 0 Å². The van der Waals surface area contributed by atoms with Gasteiger partial charge in [0.15, 0.2) is 69.2 Å². The summed E-state index contributed by atoms with van der Waals surface area (Å²) in [6.07, 6.45) is -117. The van der Waals surface area contributed by atoms with E-state index in [9.17, 15) is 178 Å². The van der Waals surface area contributed by atoms with Crippen LogP contribution in [0.2, 0.25) is 0 Å². The number of carbonyl (C=O) groups is 2. The van der Waals surface area contributed by atoms with Crippen LogP contribution in [-0.4, -0.2) is 591 Å². The third-order valence-corrected chi connectivity index (χ3v) is 23.8. The van der Waals surface area contributed by atoms with Crippen molar-refractivity contribution in [1.82, 2.24) is 10.6 Å². The Morgan fingerprint density at radius 1 is 0.203 bits per heavy atom. The summed E-state index contributed by atoms with van der Waals surface area (Å²) in [7, 11) is 0. The van der Waals surface area contributed by atoms with Crippen molar-refractivity contribution in [2.24, 2.45) is 0 Å². The molecule has 0 aromatic carbocycles. The Balaban J connectivity index is 0.961. The summed E-state index contributed by atoms with van der Waals surface area (Å²) in [4.78, 5) is 25.4. The highest BCUT2D eigenvalue weighted by Crippen LogP contribution is 2.42. The third-order valence-electron chi connectivity index (χ3n) is 23.8. The van der Waals surface area contributed by atoms with E-state index in [2.05, 4.69) is 10.6 Å². The van der Waals surface area contributed by atoms with Crippen molar-refractivity contribution < 1.29 is 278 Å². The van der Waals surface area contributed by atoms with Crippen molar-refractivity contribution in [3.05, 3.63) is 0 Å². The van der Waals surface area contributed by atoms with E-state index in [0.717, 1.165) is 13.8 Å². The summed E-state index contributed by atoms with van der Waals surface area (Å²) in [6.45, 7) is -10.9. The van der Waals surface area contributed by atoms with Crippen molar-refractivity contribution in [3.8, 4) is 0 Å². The minimum Gasteiger partial charge on any atom is -0.394 e. The van der Waals surface area contributed by atoms with E-state index in [1.165, 1.54) is 0 Å². The first-order valence-corrected chi connectivity index (χ1v) is 40.7. The second-order valence-electron chi connectivity index (χ2n) is 32.3. The van der Waals surface area contributed by atoms with Gasteiger partial charge < -0.3 is 279 Å². The van der Waals surface area contributed by atoms with Crippen LogP contribution in [0.25, 0.3) is 0 Å². The zero-order chi connectivity index (χ0) is 94.0. The number of hydrogen-bond donors (Lipinski definition) is 35. The van der Waals surface area contributed by atoms with Crippen LogP contribution in [0.5, 0.6) is 0 Å². The minimum atomic E-state index is -2.69. The molecule has 2 amide bonds. The standard InChI is InChI=1S/C70H118N2O56/c1-14(82)71-27-38(93)52(23(10-80)110-60(27)107)121-61-28(72-15(2)83)39(94)53(24(11-81)118-61)122-66-51(106)55(124-69-59(46(101)35(90)21(8-78)116-69)128-70-58(45(100)34(89)22(9-79)117-70)127-65-49(104)42(97)31(86)18(5-75)113-65)37(92)26(120-66)12-108-62-50(105)54(123-68-57(44(99)33(88)20(7-77)115-68)126-64-48(103)41(96)30(85)17(4-74)112-64)36(91)25(119-62)13-109-67-56(43(98)32(87)19(6-76)114-67)125-63-47(102)40(95)29(84)16(3-73)111-63/h16-70,73-81,84-107H,3-13H2,1-2H3,(H,71,82)(H,72,83)/t16-,17-,18-,19-,20-,21-,22-,23-,24-,25-,26-,27-,28-,29-,30-,31-,32-,33-,34-,35-,36-,37-,38-,39-,40+,41+,42+,43+,44+,45+,46+,47+,48+,49+,50+,51+,52-,53-,54+,55+,56+,57+,58+,59+,60-,61+,62-,63+,64+,65+,66+,67-,68+,69+,70+/m1/s1. The zero-order valence-corrected chi connectivity index (χ0v) is 67.7. The van der Waals surface area contributed by atoms with Gasteiger partial charge in [0.1, 0.15) is 268 Å². The average molecular weight is 1880 g/mol. The zero-order valence-electron chi connectivity index (χ0n) is 67.7. The van der Waals surface area contributed by atoms with Gasteiger partial charge in [0.2, 0.25) is 11.8 Å². The Kier molecular flexibility index (Phi) is 37.7. The van der Waals surface area contributed by atoms with Gasteiger partial charge in [0, 0.05) is 13.8 Å². The molecule has 11 heterocycles. The van der Waals surface area contributed by atoms with E-state index in [4.69, 9.17) is 99.5 Å². The van der Waals surface area contributed by atoms with Crippen molar-refractivity contribution in [1.29, 1.82) is 0 Å². The molecular weight excluding hydrogens is 1760 g/mol. The van der Waals surface area contributed by atoms with Crippen molar-refractivity contribution in [3.63, 3.8) is 0 Å². The van der Waals surface area contributed by atoms with Gasteiger partial charge in [-0.05, 0) is 0 Å². The van der Waals surface area contributed by atoms with E-state index in [0.29, 0.717) is 0 Å². The van der Waals surface area contributed by atoms with Crippen LogP contribution in [0.15, 0.2) is 0 Å². The van der Waals surface area contributed by atoms with Gasteiger partial charge >= 0.3 is 0 Å².